The van der Waals surface area contributed by atoms with E-state index in [2.05, 4.69) is 14.7 Å². The highest BCUT2D eigenvalue weighted by atomic mass is 19.4. The lowest BCUT2D eigenvalue weighted by molar-refractivity contribution is -0.159. The maximum atomic E-state index is 14.9. The molecular weight excluding hydrogens is 514 g/mol. The van der Waals surface area contributed by atoms with Gasteiger partial charge in [0.1, 0.15) is 5.82 Å². The van der Waals surface area contributed by atoms with Crippen LogP contribution in [0.25, 0.3) is 11.4 Å². The van der Waals surface area contributed by atoms with Gasteiger partial charge < -0.3 is 28.4 Å². The first-order chi connectivity index (χ1) is 18.2. The number of rotatable bonds is 10. The Hall–Kier alpha value is -3.71. The molecular formula is C25H25F4N3O6. The topological polar surface area (TPSA) is 96.2 Å². The molecule has 204 valence electrons. The summed E-state index contributed by atoms with van der Waals surface area (Å²) in [7, 11) is 0. The van der Waals surface area contributed by atoms with Crippen molar-refractivity contribution in [1.29, 1.82) is 0 Å². The lowest BCUT2D eigenvalue weighted by Gasteiger charge is -2.26. The number of benzene rings is 2. The molecule has 4 rings (SSSR count). The van der Waals surface area contributed by atoms with Crippen LogP contribution in [0, 0.1) is 5.82 Å². The summed E-state index contributed by atoms with van der Waals surface area (Å²) in [6.07, 6.45) is -5.54. The highest BCUT2D eigenvalue weighted by molar-refractivity contribution is 5.94. The first-order valence-corrected chi connectivity index (χ1v) is 11.8. The van der Waals surface area contributed by atoms with Gasteiger partial charge in [-0.2, -0.15) is 18.2 Å². The van der Waals surface area contributed by atoms with E-state index in [1.165, 1.54) is 11.0 Å². The molecule has 0 atom stereocenters. The van der Waals surface area contributed by atoms with Gasteiger partial charge in [-0.1, -0.05) is 11.2 Å². The van der Waals surface area contributed by atoms with Crippen LogP contribution >= 0.6 is 0 Å². The van der Waals surface area contributed by atoms with Crippen LogP contribution in [0.3, 0.4) is 0 Å². The molecule has 0 N–H and O–H groups in total. The predicted octanol–water partition coefficient (Wildman–Crippen LogP) is 4.71. The van der Waals surface area contributed by atoms with E-state index in [4.69, 9.17) is 18.9 Å². The molecule has 0 bridgehead atoms. The average molecular weight is 539 g/mol. The van der Waals surface area contributed by atoms with Crippen molar-refractivity contribution < 1.29 is 45.8 Å². The van der Waals surface area contributed by atoms with Crippen molar-refractivity contribution in [2.45, 2.75) is 32.9 Å². The molecule has 1 aromatic heterocycles. The molecule has 9 nitrogen and oxygen atoms in total. The molecule has 0 radical (unpaired) electrons. The minimum atomic E-state index is -4.87. The van der Waals surface area contributed by atoms with E-state index in [0.717, 1.165) is 12.1 Å². The summed E-state index contributed by atoms with van der Waals surface area (Å²) in [5.41, 5.74) is 0.328. The van der Waals surface area contributed by atoms with Crippen LogP contribution in [0.15, 0.2) is 40.9 Å². The van der Waals surface area contributed by atoms with Gasteiger partial charge in [-0.15, -0.1) is 0 Å². The second-order valence-electron chi connectivity index (χ2n) is 8.12. The quantitative estimate of drug-likeness (QED) is 0.342. The third-order valence-corrected chi connectivity index (χ3v) is 5.45. The number of carbonyl (C=O) groups excluding carboxylic acids is 1. The number of alkyl halides is 3. The number of hydrogen-bond acceptors (Lipinski definition) is 8. The zero-order chi connectivity index (χ0) is 27.3. The summed E-state index contributed by atoms with van der Waals surface area (Å²) < 4.78 is 79.6. The third-order valence-electron chi connectivity index (χ3n) is 5.45. The van der Waals surface area contributed by atoms with E-state index in [0.29, 0.717) is 43.5 Å². The molecule has 13 heteroatoms. The van der Waals surface area contributed by atoms with Gasteiger partial charge in [-0.25, -0.2) is 4.39 Å². The van der Waals surface area contributed by atoms with Gasteiger partial charge in [-0.3, -0.25) is 4.79 Å². The number of carbonyl (C=O) groups is 1. The van der Waals surface area contributed by atoms with Crippen molar-refractivity contribution in [3.8, 4) is 22.9 Å². The number of amides is 1. The zero-order valence-electron chi connectivity index (χ0n) is 20.6. The largest absolute Gasteiger partial charge is 0.490 e. The molecule has 1 aliphatic heterocycles. The van der Waals surface area contributed by atoms with E-state index in [-0.39, 0.29) is 24.2 Å². The third kappa shape index (κ3) is 6.40. The molecule has 1 amide bonds. The van der Waals surface area contributed by atoms with Crippen LogP contribution in [0.1, 0.15) is 35.7 Å². The fraction of sp³-hybridized carbons (Fsp3) is 0.400. The molecule has 38 heavy (non-hydrogen) atoms. The Labute approximate surface area is 215 Å². The summed E-state index contributed by atoms with van der Waals surface area (Å²) >= 11 is 0. The van der Waals surface area contributed by atoms with Crippen LogP contribution in [-0.2, 0) is 22.2 Å². The summed E-state index contributed by atoms with van der Waals surface area (Å²) in [6.45, 7) is 5.45. The van der Waals surface area contributed by atoms with Crippen LogP contribution in [0.5, 0.6) is 11.5 Å². The summed E-state index contributed by atoms with van der Waals surface area (Å²) in [5, 5.41) is 3.19. The maximum Gasteiger partial charge on any atom is 0.471 e. The average Bonchev–Trinajstić information content (AvgIpc) is 3.57. The van der Waals surface area contributed by atoms with Gasteiger partial charge in [0.15, 0.2) is 17.8 Å². The lowest BCUT2D eigenvalue weighted by atomic mass is 10.1. The van der Waals surface area contributed by atoms with Crippen LogP contribution < -0.4 is 9.47 Å². The fourth-order valence-corrected chi connectivity index (χ4v) is 3.79. The summed E-state index contributed by atoms with van der Waals surface area (Å²) in [5.74, 6) is -2.65. The number of ether oxygens (including phenoxy) is 4. The SMILES string of the molecule is CCOc1ccc(CN(CC2OCCO2)C(=O)c2ccc(-c3noc(C(F)(F)F)n3)c(F)c2)cc1OCC. The fourth-order valence-electron chi connectivity index (χ4n) is 3.79. The van der Waals surface area contributed by atoms with Crippen molar-refractivity contribution in [3.05, 3.63) is 59.2 Å². The van der Waals surface area contributed by atoms with Gasteiger partial charge in [0.05, 0.1) is 38.5 Å². The molecule has 1 aliphatic rings. The molecule has 2 aromatic carbocycles. The predicted molar refractivity (Wildman–Crippen MR) is 124 cm³/mol. The smallest absolute Gasteiger partial charge is 0.471 e. The second-order valence-corrected chi connectivity index (χ2v) is 8.12. The molecule has 2 heterocycles. The monoisotopic (exact) mass is 539 g/mol. The number of nitrogens with zero attached hydrogens (tertiary/aromatic N) is 3. The standard InChI is InChI=1S/C25H25F4N3O6/c1-3-34-19-8-5-15(11-20(19)35-4-2)13-32(14-21-36-9-10-37-21)23(33)16-6-7-17(18(26)12-16)22-30-24(38-31-22)25(27,28)29/h5-8,11-12,21H,3-4,9-10,13-14H2,1-2H3. The van der Waals surface area contributed by atoms with E-state index in [1.54, 1.807) is 18.2 Å². The minimum Gasteiger partial charge on any atom is -0.490 e. The first kappa shape index (κ1) is 27.3. The summed E-state index contributed by atoms with van der Waals surface area (Å²) in [4.78, 5) is 18.1. The van der Waals surface area contributed by atoms with Crippen molar-refractivity contribution in [2.24, 2.45) is 0 Å². The van der Waals surface area contributed by atoms with Gasteiger partial charge in [0.2, 0.25) is 5.82 Å². The van der Waals surface area contributed by atoms with Gasteiger partial charge in [0.25, 0.3) is 5.91 Å². The van der Waals surface area contributed by atoms with Crippen LogP contribution in [0.2, 0.25) is 0 Å². The molecule has 0 spiro atoms. The molecule has 1 saturated heterocycles. The maximum absolute atomic E-state index is 14.9. The molecule has 0 saturated carbocycles. The van der Waals surface area contributed by atoms with Gasteiger partial charge >= 0.3 is 12.1 Å². The van der Waals surface area contributed by atoms with E-state index < -0.39 is 35.9 Å². The van der Waals surface area contributed by atoms with Crippen molar-refractivity contribution in [1.82, 2.24) is 15.0 Å². The number of halogens is 4. The molecule has 0 aliphatic carbocycles. The Morgan fingerprint density at radius 1 is 1.05 bits per heavy atom. The minimum absolute atomic E-state index is 0.0419. The summed E-state index contributed by atoms with van der Waals surface area (Å²) in [6, 6.07) is 8.58. The van der Waals surface area contributed by atoms with Gasteiger partial charge in [0, 0.05) is 12.1 Å². The normalized spacial score (nSPS) is 14.1. The van der Waals surface area contributed by atoms with Crippen molar-refractivity contribution in [3.63, 3.8) is 0 Å². The van der Waals surface area contributed by atoms with Crippen LogP contribution in [-0.4, -0.2) is 60.2 Å². The van der Waals surface area contributed by atoms with E-state index in [1.807, 2.05) is 13.8 Å². The highest BCUT2D eigenvalue weighted by Crippen LogP contribution is 2.31. The Bertz CT molecular complexity index is 1260. The van der Waals surface area contributed by atoms with Gasteiger partial charge in [-0.05, 0) is 49.7 Å². The number of hydrogen-bond donors (Lipinski definition) is 0. The Kier molecular flexibility index (Phi) is 8.47. The first-order valence-electron chi connectivity index (χ1n) is 11.8. The lowest BCUT2D eigenvalue weighted by Crippen LogP contribution is -2.37. The Morgan fingerprint density at radius 3 is 2.39 bits per heavy atom. The van der Waals surface area contributed by atoms with E-state index in [9.17, 15) is 22.4 Å². The number of aromatic nitrogens is 2. The molecule has 1 fully saturated rings. The van der Waals surface area contributed by atoms with E-state index >= 15 is 0 Å². The molecule has 3 aromatic rings. The van der Waals surface area contributed by atoms with Crippen molar-refractivity contribution in [2.75, 3.05) is 33.0 Å². The second kappa shape index (κ2) is 11.8. The highest BCUT2D eigenvalue weighted by Gasteiger charge is 2.38. The molecule has 0 unspecified atom stereocenters. The zero-order valence-corrected chi connectivity index (χ0v) is 20.6. The van der Waals surface area contributed by atoms with Crippen LogP contribution in [0.4, 0.5) is 17.6 Å². The Morgan fingerprint density at radius 2 is 1.76 bits per heavy atom. The Balaban J connectivity index is 1.59. The van der Waals surface area contributed by atoms with Crippen molar-refractivity contribution >= 4 is 5.91 Å².